The predicted octanol–water partition coefficient (Wildman–Crippen LogP) is 5.14. The summed E-state index contributed by atoms with van der Waals surface area (Å²) in [7, 11) is 0. The van der Waals surface area contributed by atoms with E-state index in [2.05, 4.69) is 12.2 Å². The number of amides is 1. The van der Waals surface area contributed by atoms with Gasteiger partial charge in [-0.1, -0.05) is 69.2 Å². The van der Waals surface area contributed by atoms with E-state index in [4.69, 9.17) is 11.6 Å². The molecule has 3 heteroatoms. The van der Waals surface area contributed by atoms with Gasteiger partial charge in [0.05, 0.1) is 0 Å². The molecule has 2 nitrogen and oxygen atoms in total. The van der Waals surface area contributed by atoms with Gasteiger partial charge in [-0.25, -0.2) is 0 Å². The summed E-state index contributed by atoms with van der Waals surface area (Å²) < 4.78 is 0. The van der Waals surface area contributed by atoms with Crippen molar-refractivity contribution < 1.29 is 4.79 Å². The smallest absolute Gasteiger partial charge is 0.220 e. The summed E-state index contributed by atoms with van der Waals surface area (Å²) in [4.78, 5) is 11.7. The molecular weight excluding hydrogens is 282 g/mol. The van der Waals surface area contributed by atoms with Crippen LogP contribution < -0.4 is 5.32 Å². The molecule has 0 spiro atoms. The Morgan fingerprint density at radius 2 is 1.62 bits per heavy atom. The van der Waals surface area contributed by atoms with Crippen LogP contribution in [0.15, 0.2) is 24.3 Å². The molecule has 1 amide bonds. The quantitative estimate of drug-likeness (QED) is 0.563. The fraction of sp³-hybridized carbons (Fsp3) is 0.611. The van der Waals surface area contributed by atoms with Crippen molar-refractivity contribution in [3.63, 3.8) is 0 Å². The van der Waals surface area contributed by atoms with Gasteiger partial charge >= 0.3 is 0 Å². The zero-order valence-electron chi connectivity index (χ0n) is 13.2. The summed E-state index contributed by atoms with van der Waals surface area (Å²) in [6.45, 7) is 2.94. The number of unbranched alkanes of at least 4 members (excludes halogenated alkanes) is 6. The predicted molar refractivity (Wildman–Crippen MR) is 90.8 cm³/mol. The van der Waals surface area contributed by atoms with Crippen LogP contribution in [0.25, 0.3) is 0 Å². The molecule has 0 unspecified atom stereocenters. The van der Waals surface area contributed by atoms with Crippen molar-refractivity contribution in [2.75, 3.05) is 6.54 Å². The number of hydrogen-bond acceptors (Lipinski definition) is 1. The molecule has 118 valence electrons. The van der Waals surface area contributed by atoms with E-state index in [0.29, 0.717) is 13.0 Å². The zero-order valence-corrected chi connectivity index (χ0v) is 13.9. The van der Waals surface area contributed by atoms with E-state index in [9.17, 15) is 4.79 Å². The topological polar surface area (TPSA) is 29.1 Å². The van der Waals surface area contributed by atoms with Gasteiger partial charge in [-0.3, -0.25) is 4.79 Å². The minimum atomic E-state index is 0.178. The lowest BCUT2D eigenvalue weighted by molar-refractivity contribution is -0.121. The summed E-state index contributed by atoms with van der Waals surface area (Å²) in [6, 6.07) is 7.78. The minimum absolute atomic E-state index is 0.178. The van der Waals surface area contributed by atoms with Gasteiger partial charge in [0.15, 0.2) is 0 Å². The molecule has 0 aliphatic heterocycles. The van der Waals surface area contributed by atoms with Crippen LogP contribution in [0.3, 0.4) is 0 Å². The number of carbonyl (C=O) groups is 1. The summed E-state index contributed by atoms with van der Waals surface area (Å²) in [5.74, 6) is 0.178. The largest absolute Gasteiger partial charge is 0.356 e. The minimum Gasteiger partial charge on any atom is -0.356 e. The highest BCUT2D eigenvalue weighted by molar-refractivity contribution is 6.30. The maximum absolute atomic E-state index is 11.7. The normalized spacial score (nSPS) is 10.6. The van der Waals surface area contributed by atoms with Crippen molar-refractivity contribution in [2.45, 2.75) is 64.7 Å². The van der Waals surface area contributed by atoms with Crippen LogP contribution >= 0.6 is 11.6 Å². The third kappa shape index (κ3) is 9.52. The van der Waals surface area contributed by atoms with Crippen LogP contribution in [0.1, 0.15) is 63.9 Å². The Hall–Kier alpha value is -1.02. The molecule has 0 fully saturated rings. The third-order valence-electron chi connectivity index (χ3n) is 3.66. The van der Waals surface area contributed by atoms with Gasteiger partial charge in [0.25, 0.3) is 0 Å². The second kappa shape index (κ2) is 11.6. The van der Waals surface area contributed by atoms with Gasteiger partial charge in [-0.05, 0) is 30.5 Å². The molecule has 0 aromatic heterocycles. The Labute approximate surface area is 134 Å². The van der Waals surface area contributed by atoms with Crippen molar-refractivity contribution in [1.29, 1.82) is 0 Å². The van der Waals surface area contributed by atoms with Crippen molar-refractivity contribution >= 4 is 17.5 Å². The highest BCUT2D eigenvalue weighted by atomic mass is 35.5. The third-order valence-corrected chi connectivity index (χ3v) is 3.91. The van der Waals surface area contributed by atoms with Crippen molar-refractivity contribution in [3.05, 3.63) is 34.9 Å². The van der Waals surface area contributed by atoms with Gasteiger partial charge in [0.2, 0.25) is 5.91 Å². The van der Waals surface area contributed by atoms with Crippen LogP contribution in [0.2, 0.25) is 5.02 Å². The first-order valence-corrected chi connectivity index (χ1v) is 8.61. The van der Waals surface area contributed by atoms with Crippen LogP contribution in [-0.4, -0.2) is 12.5 Å². The summed E-state index contributed by atoms with van der Waals surface area (Å²) >= 11 is 5.84. The molecule has 0 radical (unpaired) electrons. The van der Waals surface area contributed by atoms with Crippen molar-refractivity contribution in [3.8, 4) is 0 Å². The second-order valence-electron chi connectivity index (χ2n) is 5.60. The van der Waals surface area contributed by atoms with E-state index in [0.717, 1.165) is 17.9 Å². The van der Waals surface area contributed by atoms with Crippen LogP contribution in [0, 0.1) is 0 Å². The van der Waals surface area contributed by atoms with Crippen LogP contribution in [0.4, 0.5) is 0 Å². The lowest BCUT2D eigenvalue weighted by Crippen LogP contribution is -2.25. The average molecular weight is 310 g/mol. The van der Waals surface area contributed by atoms with E-state index >= 15 is 0 Å². The Bertz CT molecular complexity index is 389. The van der Waals surface area contributed by atoms with E-state index in [1.807, 2.05) is 24.3 Å². The van der Waals surface area contributed by atoms with Gasteiger partial charge in [0, 0.05) is 18.0 Å². The molecule has 1 N–H and O–H groups in total. The van der Waals surface area contributed by atoms with Gasteiger partial charge in [-0.2, -0.15) is 0 Å². The molecule has 0 saturated heterocycles. The first-order chi connectivity index (χ1) is 10.2. The Balaban J connectivity index is 1.97. The molecule has 0 bridgehead atoms. The van der Waals surface area contributed by atoms with Crippen LogP contribution in [0.5, 0.6) is 0 Å². The molecule has 0 heterocycles. The Morgan fingerprint density at radius 3 is 2.29 bits per heavy atom. The maximum Gasteiger partial charge on any atom is 0.220 e. The number of hydrogen-bond donors (Lipinski definition) is 1. The molecule has 0 atom stereocenters. The van der Waals surface area contributed by atoms with Gasteiger partial charge in [-0.15, -0.1) is 0 Å². The van der Waals surface area contributed by atoms with Gasteiger partial charge in [0.1, 0.15) is 0 Å². The number of carbonyl (C=O) groups excluding carboxylic acids is 1. The molecule has 0 saturated carbocycles. The number of halogens is 1. The summed E-state index contributed by atoms with van der Waals surface area (Å²) in [5.41, 5.74) is 1.20. The zero-order chi connectivity index (χ0) is 15.3. The molecule has 21 heavy (non-hydrogen) atoms. The van der Waals surface area contributed by atoms with Crippen molar-refractivity contribution in [2.24, 2.45) is 0 Å². The summed E-state index contributed by atoms with van der Waals surface area (Å²) in [5, 5.41) is 3.74. The lowest BCUT2D eigenvalue weighted by Gasteiger charge is -2.06. The fourth-order valence-electron chi connectivity index (χ4n) is 2.33. The van der Waals surface area contributed by atoms with E-state index in [-0.39, 0.29) is 5.91 Å². The SMILES string of the molecule is CCCCCCCCCC(=O)NCCc1ccc(Cl)cc1. The number of benzene rings is 1. The molecule has 1 aromatic rings. The standard InChI is InChI=1S/C18H28ClNO/c1-2-3-4-5-6-7-8-9-18(21)20-15-14-16-10-12-17(19)13-11-16/h10-13H,2-9,14-15H2,1H3,(H,20,21). The van der Waals surface area contributed by atoms with Crippen LogP contribution in [-0.2, 0) is 11.2 Å². The van der Waals surface area contributed by atoms with Crippen molar-refractivity contribution in [1.82, 2.24) is 5.32 Å². The first kappa shape index (κ1) is 18.0. The Kier molecular flexibility index (Phi) is 9.98. The number of nitrogens with one attached hydrogen (secondary N) is 1. The molecule has 0 aliphatic carbocycles. The molecule has 1 rings (SSSR count). The van der Waals surface area contributed by atoms with Gasteiger partial charge < -0.3 is 5.32 Å². The average Bonchev–Trinajstić information content (AvgIpc) is 2.48. The van der Waals surface area contributed by atoms with E-state index in [1.165, 1.54) is 44.1 Å². The second-order valence-corrected chi connectivity index (χ2v) is 6.03. The number of rotatable bonds is 11. The highest BCUT2D eigenvalue weighted by Gasteiger charge is 2.01. The highest BCUT2D eigenvalue weighted by Crippen LogP contribution is 2.10. The first-order valence-electron chi connectivity index (χ1n) is 8.23. The summed E-state index contributed by atoms with van der Waals surface area (Å²) in [6.07, 6.45) is 10.2. The van der Waals surface area contributed by atoms with E-state index in [1.54, 1.807) is 0 Å². The molecule has 0 aliphatic rings. The molecule has 1 aromatic carbocycles. The fourth-order valence-corrected chi connectivity index (χ4v) is 2.45. The monoisotopic (exact) mass is 309 g/mol. The lowest BCUT2D eigenvalue weighted by atomic mass is 10.1. The maximum atomic E-state index is 11.7. The molecular formula is C18H28ClNO. The van der Waals surface area contributed by atoms with E-state index < -0.39 is 0 Å². The Morgan fingerprint density at radius 1 is 1.00 bits per heavy atom.